The summed E-state index contributed by atoms with van der Waals surface area (Å²) in [6, 6.07) is 3.22. The first kappa shape index (κ1) is 19.1. The number of fused-ring (bicyclic) bond motifs is 1. The Kier molecular flexibility index (Phi) is 6.28. The van der Waals surface area contributed by atoms with Gasteiger partial charge in [-0.25, -0.2) is 0 Å². The molecule has 0 saturated heterocycles. The highest BCUT2D eigenvalue weighted by Gasteiger charge is 2.35. The molecule has 138 valence electrons. The first-order valence-electron chi connectivity index (χ1n) is 8.69. The smallest absolute Gasteiger partial charge is 0.305 e. The van der Waals surface area contributed by atoms with E-state index in [0.29, 0.717) is 24.5 Å². The lowest BCUT2D eigenvalue weighted by atomic mass is 9.88. The maximum Gasteiger partial charge on any atom is 0.305 e. The van der Waals surface area contributed by atoms with Gasteiger partial charge < -0.3 is 19.5 Å². The summed E-state index contributed by atoms with van der Waals surface area (Å²) >= 11 is 0. The van der Waals surface area contributed by atoms with Crippen LogP contribution in [0.5, 0.6) is 11.5 Å². The summed E-state index contributed by atoms with van der Waals surface area (Å²) in [6.07, 6.45) is 2.28. The molecule has 0 bridgehead atoms. The maximum absolute atomic E-state index is 12.8. The van der Waals surface area contributed by atoms with Crippen LogP contribution in [0.3, 0.4) is 0 Å². The van der Waals surface area contributed by atoms with Crippen LogP contribution in [0.15, 0.2) is 12.1 Å². The molecule has 6 nitrogen and oxygen atoms in total. The quantitative estimate of drug-likeness (QED) is 0.819. The van der Waals surface area contributed by atoms with Crippen molar-refractivity contribution in [1.29, 1.82) is 0 Å². The fraction of sp³-hybridized carbons (Fsp3) is 0.579. The number of methoxy groups -OCH3 is 2. The van der Waals surface area contributed by atoms with Crippen LogP contribution >= 0.6 is 0 Å². The van der Waals surface area contributed by atoms with E-state index in [2.05, 4.69) is 0 Å². The van der Waals surface area contributed by atoms with Gasteiger partial charge in [-0.2, -0.15) is 0 Å². The molecular weight excluding hydrogens is 322 g/mol. The highest BCUT2D eigenvalue weighted by Crippen LogP contribution is 2.40. The average Bonchev–Trinajstić information content (AvgIpc) is 2.60. The van der Waals surface area contributed by atoms with Crippen LogP contribution in [0.25, 0.3) is 0 Å². The molecule has 1 aliphatic rings. The predicted molar refractivity (Wildman–Crippen MR) is 94.0 cm³/mol. The van der Waals surface area contributed by atoms with E-state index in [9.17, 15) is 14.7 Å². The summed E-state index contributed by atoms with van der Waals surface area (Å²) in [7, 11) is 3.12. The number of hydrogen-bond acceptors (Lipinski definition) is 4. The van der Waals surface area contributed by atoms with E-state index < -0.39 is 12.0 Å². The molecule has 2 unspecified atom stereocenters. The van der Waals surface area contributed by atoms with Crippen LogP contribution in [0, 0.1) is 5.92 Å². The van der Waals surface area contributed by atoms with E-state index in [0.717, 1.165) is 24.0 Å². The van der Waals surface area contributed by atoms with E-state index in [1.807, 2.05) is 26.0 Å². The highest BCUT2D eigenvalue weighted by atomic mass is 16.5. The molecule has 1 aromatic rings. The molecule has 0 spiro atoms. The van der Waals surface area contributed by atoms with Crippen molar-refractivity contribution >= 4 is 11.9 Å². The zero-order chi connectivity index (χ0) is 18.6. The van der Waals surface area contributed by atoms with E-state index >= 15 is 0 Å². The van der Waals surface area contributed by atoms with Crippen molar-refractivity contribution in [3.05, 3.63) is 23.3 Å². The minimum atomic E-state index is -0.923. The molecule has 0 radical (unpaired) electrons. The summed E-state index contributed by atoms with van der Waals surface area (Å²) in [5.74, 6) is 0.159. The number of carbonyl (C=O) groups is 2. The number of rotatable bonds is 7. The molecule has 1 aliphatic heterocycles. The minimum Gasteiger partial charge on any atom is -0.493 e. The number of carboxylic acids is 1. The lowest BCUT2D eigenvalue weighted by molar-refractivity contribution is -0.143. The van der Waals surface area contributed by atoms with Crippen molar-refractivity contribution < 1.29 is 24.2 Å². The highest BCUT2D eigenvalue weighted by molar-refractivity contribution is 5.80. The lowest BCUT2D eigenvalue weighted by Gasteiger charge is -2.38. The van der Waals surface area contributed by atoms with Gasteiger partial charge in [0.1, 0.15) is 0 Å². The number of carboxylic acid groups (broad SMARTS) is 1. The molecule has 6 heteroatoms. The van der Waals surface area contributed by atoms with Gasteiger partial charge in [0.25, 0.3) is 0 Å². The SMILES string of the molecule is CCCC(C)C(=O)N1CCc2cc(OC)c(OC)cc2C1CC(=O)O. The normalized spacial score (nSPS) is 17.6. The van der Waals surface area contributed by atoms with Crippen molar-refractivity contribution in [2.24, 2.45) is 5.92 Å². The van der Waals surface area contributed by atoms with Crippen LogP contribution < -0.4 is 9.47 Å². The minimum absolute atomic E-state index is 0.0218. The van der Waals surface area contributed by atoms with E-state index in [4.69, 9.17) is 9.47 Å². The van der Waals surface area contributed by atoms with Crippen LogP contribution in [0.4, 0.5) is 0 Å². The molecular formula is C19H27NO5. The number of amides is 1. The lowest BCUT2D eigenvalue weighted by Crippen LogP contribution is -2.43. The Hall–Kier alpha value is -2.24. The Morgan fingerprint density at radius 2 is 1.92 bits per heavy atom. The van der Waals surface area contributed by atoms with Gasteiger partial charge in [-0.05, 0) is 36.1 Å². The fourth-order valence-electron chi connectivity index (χ4n) is 3.52. The number of aliphatic carboxylic acids is 1. The van der Waals surface area contributed by atoms with Crippen molar-refractivity contribution in [3.63, 3.8) is 0 Å². The molecule has 2 rings (SSSR count). The van der Waals surface area contributed by atoms with Crippen molar-refractivity contribution in [1.82, 2.24) is 4.90 Å². The van der Waals surface area contributed by atoms with Gasteiger partial charge in [0.2, 0.25) is 5.91 Å². The molecule has 0 aromatic heterocycles. The second-order valence-electron chi connectivity index (χ2n) is 6.49. The zero-order valence-corrected chi connectivity index (χ0v) is 15.4. The van der Waals surface area contributed by atoms with Gasteiger partial charge in [0.05, 0.1) is 26.7 Å². The number of carbonyl (C=O) groups excluding carboxylic acids is 1. The molecule has 1 heterocycles. The molecule has 2 atom stereocenters. The summed E-state index contributed by atoms with van der Waals surface area (Å²) in [5.41, 5.74) is 1.85. The van der Waals surface area contributed by atoms with Gasteiger partial charge in [0.15, 0.2) is 11.5 Å². The second-order valence-corrected chi connectivity index (χ2v) is 6.49. The molecule has 0 aliphatic carbocycles. The standard InChI is InChI=1S/C19H27NO5/c1-5-6-12(2)19(23)20-8-7-13-9-16(24-3)17(25-4)10-14(13)15(20)11-18(21)22/h9-10,12,15H,5-8,11H2,1-4H3,(H,21,22). The Morgan fingerprint density at radius 3 is 2.48 bits per heavy atom. The van der Waals surface area contributed by atoms with Crippen molar-refractivity contribution in [2.75, 3.05) is 20.8 Å². The second kappa shape index (κ2) is 8.23. The van der Waals surface area contributed by atoms with Gasteiger partial charge in [-0.15, -0.1) is 0 Å². The molecule has 0 fully saturated rings. The van der Waals surface area contributed by atoms with Crippen molar-refractivity contribution in [3.8, 4) is 11.5 Å². The largest absolute Gasteiger partial charge is 0.493 e. The predicted octanol–water partition coefficient (Wildman–Crippen LogP) is 3.04. The van der Waals surface area contributed by atoms with Crippen LogP contribution in [0.2, 0.25) is 0 Å². The van der Waals surface area contributed by atoms with Gasteiger partial charge in [0, 0.05) is 12.5 Å². The summed E-state index contributed by atoms with van der Waals surface area (Å²) in [4.78, 5) is 26.0. The number of hydrogen-bond donors (Lipinski definition) is 1. The first-order chi connectivity index (χ1) is 11.9. The fourth-order valence-corrected chi connectivity index (χ4v) is 3.52. The molecule has 0 saturated carbocycles. The Bertz CT molecular complexity index is 643. The zero-order valence-electron chi connectivity index (χ0n) is 15.4. The van der Waals surface area contributed by atoms with Crippen LogP contribution in [0.1, 0.15) is 50.3 Å². The van der Waals surface area contributed by atoms with Crippen LogP contribution in [-0.2, 0) is 16.0 Å². The van der Waals surface area contributed by atoms with E-state index in [1.54, 1.807) is 19.1 Å². The van der Waals surface area contributed by atoms with Crippen LogP contribution in [-0.4, -0.2) is 42.6 Å². The monoisotopic (exact) mass is 349 g/mol. The van der Waals surface area contributed by atoms with Gasteiger partial charge in [-0.3, -0.25) is 9.59 Å². The molecule has 1 aromatic carbocycles. The third-order valence-corrected chi connectivity index (χ3v) is 4.80. The topological polar surface area (TPSA) is 76.1 Å². The first-order valence-corrected chi connectivity index (χ1v) is 8.69. The van der Waals surface area contributed by atoms with E-state index in [-0.39, 0.29) is 18.2 Å². The average molecular weight is 349 g/mol. The summed E-state index contributed by atoms with van der Waals surface area (Å²) in [6.45, 7) is 4.47. The molecule has 1 amide bonds. The van der Waals surface area contributed by atoms with Gasteiger partial charge >= 0.3 is 5.97 Å². The number of nitrogens with zero attached hydrogens (tertiary/aromatic N) is 1. The Labute approximate surface area is 148 Å². The summed E-state index contributed by atoms with van der Waals surface area (Å²) < 4.78 is 10.7. The number of ether oxygens (including phenoxy) is 2. The number of benzene rings is 1. The summed E-state index contributed by atoms with van der Waals surface area (Å²) in [5, 5.41) is 9.37. The maximum atomic E-state index is 12.8. The third-order valence-electron chi connectivity index (χ3n) is 4.80. The van der Waals surface area contributed by atoms with E-state index in [1.165, 1.54) is 0 Å². The molecule has 25 heavy (non-hydrogen) atoms. The Balaban J connectivity index is 2.43. The third kappa shape index (κ3) is 4.06. The molecule has 1 N–H and O–H groups in total. The van der Waals surface area contributed by atoms with Crippen molar-refractivity contribution in [2.45, 2.75) is 45.6 Å². The Morgan fingerprint density at radius 1 is 1.28 bits per heavy atom. The van der Waals surface area contributed by atoms with Gasteiger partial charge in [-0.1, -0.05) is 20.3 Å².